The maximum atomic E-state index is 13.3. The minimum atomic E-state index is -1.22. The van der Waals surface area contributed by atoms with Crippen molar-refractivity contribution in [3.8, 4) is 0 Å². The third kappa shape index (κ3) is 4.37. The quantitative estimate of drug-likeness (QED) is 0.198. The predicted molar refractivity (Wildman–Crippen MR) is 169 cm³/mol. The van der Waals surface area contributed by atoms with E-state index in [0.717, 1.165) is 32.1 Å². The number of allylic oxidation sites excluding steroid dienone is 3. The lowest BCUT2D eigenvalue weighted by Gasteiger charge is -2.72. The molecule has 4 fully saturated rings. The van der Waals surface area contributed by atoms with Crippen LogP contribution in [0.4, 0.5) is 0 Å². The maximum Gasteiger partial charge on any atom is 0.333 e. The zero-order valence-corrected chi connectivity index (χ0v) is 28.8. The fraction of sp³-hybridized carbons (Fsp3) is 0.838. The zero-order valence-electron chi connectivity index (χ0n) is 28.8. The molecule has 11 atom stereocenters. The Morgan fingerprint density at radius 2 is 1.57 bits per heavy atom. The topological polar surface area (TPSA) is 113 Å². The largest absolute Gasteiger partial charge is 0.458 e. The summed E-state index contributed by atoms with van der Waals surface area (Å²) in [5, 5.41) is 34.8. The second kappa shape index (κ2) is 10.7. The van der Waals surface area contributed by atoms with Gasteiger partial charge in [-0.25, -0.2) is 4.79 Å². The van der Waals surface area contributed by atoms with Crippen molar-refractivity contribution in [3.63, 3.8) is 0 Å². The second-order valence-electron chi connectivity index (χ2n) is 17.2. The third-order valence-corrected chi connectivity index (χ3v) is 14.6. The van der Waals surface area contributed by atoms with Gasteiger partial charge in [-0.1, -0.05) is 66.2 Å². The fourth-order valence-corrected chi connectivity index (χ4v) is 11.7. The van der Waals surface area contributed by atoms with Gasteiger partial charge in [-0.3, -0.25) is 4.79 Å². The lowest BCUT2D eigenvalue weighted by atomic mass is 9.33. The second-order valence-corrected chi connectivity index (χ2v) is 17.2. The minimum absolute atomic E-state index is 0.0611. The van der Waals surface area contributed by atoms with Gasteiger partial charge in [-0.2, -0.15) is 0 Å². The number of hydrogen-bond acceptors (Lipinski definition) is 7. The summed E-state index contributed by atoms with van der Waals surface area (Å²) >= 11 is 0. The number of carbonyl (C=O) groups excluding carboxylic acids is 2. The molecule has 7 heteroatoms. The summed E-state index contributed by atoms with van der Waals surface area (Å²) in [5.74, 6) is -0.472. The van der Waals surface area contributed by atoms with E-state index >= 15 is 0 Å². The molecule has 4 saturated carbocycles. The number of aliphatic hydroxyl groups excluding tert-OH is 3. The fourth-order valence-electron chi connectivity index (χ4n) is 11.7. The van der Waals surface area contributed by atoms with Gasteiger partial charge in [0.1, 0.15) is 6.10 Å². The Morgan fingerprint density at radius 1 is 0.909 bits per heavy atom. The van der Waals surface area contributed by atoms with Crippen LogP contribution in [-0.4, -0.2) is 58.3 Å². The van der Waals surface area contributed by atoms with Crippen molar-refractivity contribution < 1.29 is 34.4 Å². The van der Waals surface area contributed by atoms with Gasteiger partial charge in [0.2, 0.25) is 0 Å². The van der Waals surface area contributed by atoms with Crippen LogP contribution in [0.15, 0.2) is 23.3 Å². The number of fused-ring (bicyclic) bond motifs is 7. The number of hydrogen-bond donors (Lipinski definition) is 3. The van der Waals surface area contributed by atoms with E-state index in [1.807, 2.05) is 13.8 Å². The lowest BCUT2D eigenvalue weighted by Crippen LogP contribution is -2.72. The van der Waals surface area contributed by atoms with Crippen molar-refractivity contribution in [2.45, 2.75) is 139 Å². The first-order valence-electron chi connectivity index (χ1n) is 17.0. The number of esters is 2. The summed E-state index contributed by atoms with van der Waals surface area (Å²) in [4.78, 5) is 25.7. The smallest absolute Gasteiger partial charge is 0.333 e. The summed E-state index contributed by atoms with van der Waals surface area (Å²) in [6.07, 6.45) is 6.74. The molecule has 0 amide bonds. The van der Waals surface area contributed by atoms with Crippen molar-refractivity contribution in [2.75, 3.05) is 6.61 Å². The number of carbonyl (C=O) groups is 2. The molecule has 0 saturated heterocycles. The van der Waals surface area contributed by atoms with E-state index in [0.29, 0.717) is 30.3 Å². The van der Waals surface area contributed by atoms with Crippen LogP contribution in [-0.2, 0) is 19.1 Å². The van der Waals surface area contributed by atoms with Crippen molar-refractivity contribution in [3.05, 3.63) is 23.3 Å². The van der Waals surface area contributed by atoms with Crippen LogP contribution < -0.4 is 0 Å². The monoisotopic (exact) mass is 614 g/mol. The van der Waals surface area contributed by atoms with Crippen molar-refractivity contribution >= 4 is 11.9 Å². The molecule has 44 heavy (non-hydrogen) atoms. The van der Waals surface area contributed by atoms with E-state index in [1.165, 1.54) is 12.5 Å². The lowest BCUT2D eigenvalue weighted by molar-refractivity contribution is -0.265. The summed E-state index contributed by atoms with van der Waals surface area (Å²) in [6, 6.07) is 0. The standard InChI is InChI=1S/C37H58O7/c1-11-21(2)31(42)44-30-29(43-22(3)39)32(4,5)18-24-23-12-13-26-34(8)16-15-27(40)33(6,7)25(34)14-17-35(26,9)36(23,10)19-28(41)37(24,30)20-38/h11-12,24-30,38,40-41H,13-20H2,1-10H3/t24?,25?,26?,27-,28+,29-,30-,34-,35+,36+,37-/m0/s1. The first kappa shape index (κ1) is 33.7. The van der Waals surface area contributed by atoms with E-state index in [4.69, 9.17) is 9.47 Å². The molecule has 7 nitrogen and oxygen atoms in total. The molecule has 0 aromatic carbocycles. The highest BCUT2D eigenvalue weighted by molar-refractivity contribution is 5.87. The van der Waals surface area contributed by atoms with E-state index in [9.17, 15) is 24.9 Å². The van der Waals surface area contributed by atoms with Crippen molar-refractivity contribution in [2.24, 2.45) is 50.2 Å². The highest BCUT2D eigenvalue weighted by Crippen LogP contribution is 2.76. The number of aliphatic hydroxyl groups is 3. The summed E-state index contributed by atoms with van der Waals surface area (Å²) in [5.41, 5.74) is -0.666. The van der Waals surface area contributed by atoms with E-state index in [-0.39, 0.29) is 40.3 Å². The summed E-state index contributed by atoms with van der Waals surface area (Å²) < 4.78 is 12.2. The zero-order chi connectivity index (χ0) is 32.8. The van der Waals surface area contributed by atoms with Gasteiger partial charge in [-0.05, 0) is 98.2 Å². The van der Waals surface area contributed by atoms with Gasteiger partial charge in [0.15, 0.2) is 6.10 Å². The Hall–Kier alpha value is -1.70. The molecule has 248 valence electrons. The number of rotatable bonds is 4. The highest BCUT2D eigenvalue weighted by Gasteiger charge is 2.73. The summed E-state index contributed by atoms with van der Waals surface area (Å²) in [6.45, 7) is 20.2. The molecule has 5 rings (SSSR count). The van der Waals surface area contributed by atoms with Crippen LogP contribution >= 0.6 is 0 Å². The Balaban J connectivity index is 1.65. The van der Waals surface area contributed by atoms with Crippen molar-refractivity contribution in [1.29, 1.82) is 0 Å². The SMILES string of the molecule is CC=C(C)C(=O)O[C@H]1[C@H](OC(C)=O)C(C)(C)CC2C3=CCC4[C@@]5(C)CC[C@H](O)C(C)(C)C5CC[C@@]4(C)[C@]3(C)C[C@@H](O)[C@]21CO. The first-order chi connectivity index (χ1) is 20.3. The number of ether oxygens (including phenoxy) is 2. The van der Waals surface area contributed by atoms with Gasteiger partial charge in [0, 0.05) is 17.9 Å². The van der Waals surface area contributed by atoms with Crippen LogP contribution in [0.3, 0.4) is 0 Å². The van der Waals surface area contributed by atoms with Crippen LogP contribution in [0.2, 0.25) is 0 Å². The normalized spacial score (nSPS) is 47.6. The highest BCUT2D eigenvalue weighted by atomic mass is 16.6. The van der Waals surface area contributed by atoms with Crippen LogP contribution in [0.25, 0.3) is 0 Å². The molecule has 3 unspecified atom stereocenters. The Bertz CT molecular complexity index is 1250. The molecular formula is C37H58O7. The van der Waals surface area contributed by atoms with Gasteiger partial charge in [-0.15, -0.1) is 0 Å². The van der Waals surface area contributed by atoms with Crippen LogP contribution in [0.1, 0.15) is 114 Å². The van der Waals surface area contributed by atoms with Gasteiger partial charge in [0.05, 0.1) is 24.2 Å². The molecule has 5 aliphatic rings. The Kier molecular flexibility index (Phi) is 8.16. The van der Waals surface area contributed by atoms with E-state index in [1.54, 1.807) is 19.9 Å². The molecule has 0 aromatic heterocycles. The van der Waals surface area contributed by atoms with Gasteiger partial charge < -0.3 is 24.8 Å². The average molecular weight is 615 g/mol. The molecular weight excluding hydrogens is 556 g/mol. The van der Waals surface area contributed by atoms with Crippen molar-refractivity contribution in [1.82, 2.24) is 0 Å². The third-order valence-electron chi connectivity index (χ3n) is 14.6. The Labute approximate surface area is 264 Å². The van der Waals surface area contributed by atoms with Crippen LogP contribution in [0.5, 0.6) is 0 Å². The molecule has 0 radical (unpaired) electrons. The minimum Gasteiger partial charge on any atom is -0.458 e. The molecule has 5 aliphatic carbocycles. The van der Waals surface area contributed by atoms with Gasteiger partial charge >= 0.3 is 11.9 Å². The molecule has 0 bridgehead atoms. The predicted octanol–water partition coefficient (Wildman–Crippen LogP) is 6.14. The average Bonchev–Trinajstić information content (AvgIpc) is 2.92. The Morgan fingerprint density at radius 3 is 2.16 bits per heavy atom. The maximum absolute atomic E-state index is 13.3. The molecule has 0 spiro atoms. The van der Waals surface area contributed by atoms with E-state index < -0.39 is 41.1 Å². The van der Waals surface area contributed by atoms with Crippen LogP contribution in [0, 0.1) is 50.2 Å². The molecule has 0 aliphatic heterocycles. The molecule has 0 aromatic rings. The summed E-state index contributed by atoms with van der Waals surface area (Å²) in [7, 11) is 0. The molecule has 3 N–H and O–H groups in total. The van der Waals surface area contributed by atoms with Gasteiger partial charge in [0.25, 0.3) is 0 Å². The molecule has 0 heterocycles. The first-order valence-corrected chi connectivity index (χ1v) is 17.0. The van der Waals surface area contributed by atoms with E-state index in [2.05, 4.69) is 40.7 Å².